The number of nitrogens with one attached hydrogen (secondary N) is 1. The number of nitrogens with two attached hydrogens (primary N) is 1. The van der Waals surface area contributed by atoms with Crippen molar-refractivity contribution in [2.24, 2.45) is 5.41 Å². The van der Waals surface area contributed by atoms with Gasteiger partial charge in [-0.2, -0.15) is 0 Å². The lowest BCUT2D eigenvalue weighted by Gasteiger charge is -2.40. The zero-order chi connectivity index (χ0) is 14.7. The molecule has 3 N–H and O–H groups in total. The first-order valence-electron chi connectivity index (χ1n) is 7.25. The molecule has 2 aromatic rings. The van der Waals surface area contributed by atoms with Crippen LogP contribution < -0.4 is 11.1 Å². The number of carbonyl (C=O) groups excluding carboxylic acids is 1. The van der Waals surface area contributed by atoms with Gasteiger partial charge < -0.3 is 11.1 Å². The number of pyridine rings is 1. The highest BCUT2D eigenvalue weighted by Crippen LogP contribution is 2.44. The minimum atomic E-state index is -0.275. The van der Waals surface area contributed by atoms with Gasteiger partial charge in [0, 0.05) is 0 Å². The number of hydrogen-bond donors (Lipinski definition) is 2. The molecule has 1 aromatic carbocycles. The Kier molecular flexibility index (Phi) is 5.03. The summed E-state index contributed by atoms with van der Waals surface area (Å²) >= 11 is 0. The molecule has 0 saturated heterocycles. The Morgan fingerprint density at radius 2 is 1.91 bits per heavy atom. The highest BCUT2D eigenvalue weighted by molar-refractivity contribution is 5.96. The van der Waals surface area contributed by atoms with E-state index in [0.29, 0.717) is 11.5 Å². The van der Waals surface area contributed by atoms with Gasteiger partial charge in [0.15, 0.2) is 0 Å². The summed E-state index contributed by atoms with van der Waals surface area (Å²) in [4.78, 5) is 16.6. The van der Waals surface area contributed by atoms with Gasteiger partial charge in [0.1, 0.15) is 5.82 Å². The second-order valence-electron chi connectivity index (χ2n) is 5.72. The van der Waals surface area contributed by atoms with Crippen molar-refractivity contribution >= 4 is 29.8 Å². The van der Waals surface area contributed by atoms with Gasteiger partial charge in [-0.25, -0.2) is 4.98 Å². The maximum absolute atomic E-state index is 12.6. The van der Waals surface area contributed by atoms with E-state index >= 15 is 0 Å². The SMILES string of the molecule is Cl.Nc1ccc(NC(=O)C2(Cc3ccccc3)CCC2)cn1. The first-order chi connectivity index (χ1) is 10.2. The average molecular weight is 318 g/mol. The Hall–Kier alpha value is -2.07. The van der Waals surface area contributed by atoms with Crippen LogP contribution in [0.5, 0.6) is 0 Å². The topological polar surface area (TPSA) is 68.0 Å². The molecule has 0 atom stereocenters. The molecule has 1 aliphatic rings. The fourth-order valence-corrected chi connectivity index (χ4v) is 2.82. The predicted octanol–water partition coefficient (Wildman–Crippen LogP) is 3.44. The lowest BCUT2D eigenvalue weighted by atomic mass is 9.64. The van der Waals surface area contributed by atoms with Crippen molar-refractivity contribution in [1.29, 1.82) is 0 Å². The van der Waals surface area contributed by atoms with Crippen LogP contribution in [0.1, 0.15) is 24.8 Å². The molecule has 1 fully saturated rings. The minimum Gasteiger partial charge on any atom is -0.384 e. The predicted molar refractivity (Wildman–Crippen MR) is 91.0 cm³/mol. The zero-order valence-corrected chi connectivity index (χ0v) is 13.1. The summed E-state index contributed by atoms with van der Waals surface area (Å²) in [6.07, 6.45) is 5.39. The molecule has 1 heterocycles. The molecule has 4 nitrogen and oxygen atoms in total. The van der Waals surface area contributed by atoms with Crippen molar-refractivity contribution in [3.63, 3.8) is 0 Å². The molecule has 0 radical (unpaired) electrons. The van der Waals surface area contributed by atoms with Crippen LogP contribution in [0.2, 0.25) is 0 Å². The third-order valence-corrected chi connectivity index (χ3v) is 4.22. The summed E-state index contributed by atoms with van der Waals surface area (Å²) in [5.41, 5.74) is 7.20. The summed E-state index contributed by atoms with van der Waals surface area (Å²) in [5, 5.41) is 2.98. The molecule has 1 aromatic heterocycles. The van der Waals surface area contributed by atoms with Crippen molar-refractivity contribution in [1.82, 2.24) is 4.98 Å². The second kappa shape index (κ2) is 6.79. The standard InChI is InChI=1S/C17H19N3O.ClH/c18-15-8-7-14(12-19-15)20-16(21)17(9-4-10-17)11-13-5-2-1-3-6-13;/h1-3,5-8,12H,4,9-11H2,(H2,18,19)(H,20,21);1H. The van der Waals surface area contributed by atoms with Crippen LogP contribution in [0, 0.1) is 5.41 Å². The van der Waals surface area contributed by atoms with Gasteiger partial charge >= 0.3 is 0 Å². The van der Waals surface area contributed by atoms with Crippen LogP contribution in [0.25, 0.3) is 0 Å². The number of nitrogen functional groups attached to an aromatic ring is 1. The van der Waals surface area contributed by atoms with E-state index in [1.807, 2.05) is 18.2 Å². The largest absolute Gasteiger partial charge is 0.384 e. The first-order valence-corrected chi connectivity index (χ1v) is 7.25. The highest BCUT2D eigenvalue weighted by atomic mass is 35.5. The molecule has 0 unspecified atom stereocenters. The number of halogens is 1. The van der Waals surface area contributed by atoms with E-state index in [2.05, 4.69) is 22.4 Å². The van der Waals surface area contributed by atoms with Crippen molar-refractivity contribution in [2.75, 3.05) is 11.1 Å². The average Bonchev–Trinajstić information content (AvgIpc) is 2.46. The summed E-state index contributed by atoms with van der Waals surface area (Å²) in [5.74, 6) is 0.541. The molecule has 0 bridgehead atoms. The monoisotopic (exact) mass is 317 g/mol. The van der Waals surface area contributed by atoms with Gasteiger partial charge in [-0.05, 0) is 37.0 Å². The Bertz CT molecular complexity index is 624. The highest BCUT2D eigenvalue weighted by Gasteiger charge is 2.43. The number of carbonyl (C=O) groups is 1. The lowest BCUT2D eigenvalue weighted by molar-refractivity contribution is -0.130. The molecular weight excluding hydrogens is 298 g/mol. The molecule has 0 spiro atoms. The minimum absolute atomic E-state index is 0. The summed E-state index contributed by atoms with van der Waals surface area (Å²) in [6, 6.07) is 13.7. The Balaban J connectivity index is 0.00000176. The molecule has 1 aliphatic carbocycles. The molecule has 22 heavy (non-hydrogen) atoms. The van der Waals surface area contributed by atoms with Crippen LogP contribution in [0.15, 0.2) is 48.7 Å². The van der Waals surface area contributed by atoms with E-state index < -0.39 is 0 Å². The van der Waals surface area contributed by atoms with E-state index in [4.69, 9.17) is 5.73 Å². The smallest absolute Gasteiger partial charge is 0.230 e. The van der Waals surface area contributed by atoms with Gasteiger partial charge in [0.2, 0.25) is 5.91 Å². The summed E-state index contributed by atoms with van der Waals surface area (Å²) in [6.45, 7) is 0. The normalized spacial score (nSPS) is 15.3. The number of nitrogens with zero attached hydrogens (tertiary/aromatic N) is 1. The molecule has 0 aliphatic heterocycles. The van der Waals surface area contributed by atoms with E-state index in [1.54, 1.807) is 18.3 Å². The molecular formula is C17H20ClN3O. The van der Waals surface area contributed by atoms with E-state index in [0.717, 1.165) is 25.7 Å². The number of benzene rings is 1. The van der Waals surface area contributed by atoms with E-state index in [-0.39, 0.29) is 23.7 Å². The van der Waals surface area contributed by atoms with Crippen LogP contribution in [0.4, 0.5) is 11.5 Å². The van der Waals surface area contributed by atoms with Gasteiger partial charge in [-0.3, -0.25) is 4.79 Å². The van der Waals surface area contributed by atoms with E-state index in [9.17, 15) is 4.79 Å². The van der Waals surface area contributed by atoms with Crippen molar-refractivity contribution < 1.29 is 4.79 Å². The summed E-state index contributed by atoms with van der Waals surface area (Å²) in [7, 11) is 0. The Labute approximate surface area is 136 Å². The fraction of sp³-hybridized carbons (Fsp3) is 0.294. The number of amides is 1. The zero-order valence-electron chi connectivity index (χ0n) is 12.3. The number of aromatic nitrogens is 1. The summed E-state index contributed by atoms with van der Waals surface area (Å²) < 4.78 is 0. The van der Waals surface area contributed by atoms with Crippen molar-refractivity contribution in [3.8, 4) is 0 Å². The third kappa shape index (κ3) is 3.39. The number of rotatable bonds is 4. The number of hydrogen-bond acceptors (Lipinski definition) is 3. The maximum Gasteiger partial charge on any atom is 0.230 e. The van der Waals surface area contributed by atoms with Crippen LogP contribution in [0.3, 0.4) is 0 Å². The van der Waals surface area contributed by atoms with Gasteiger partial charge in [0.05, 0.1) is 17.3 Å². The molecule has 1 saturated carbocycles. The van der Waals surface area contributed by atoms with Crippen LogP contribution in [-0.4, -0.2) is 10.9 Å². The second-order valence-corrected chi connectivity index (χ2v) is 5.72. The van der Waals surface area contributed by atoms with Crippen molar-refractivity contribution in [3.05, 3.63) is 54.2 Å². The van der Waals surface area contributed by atoms with Gasteiger partial charge in [-0.15, -0.1) is 12.4 Å². The maximum atomic E-state index is 12.6. The molecule has 3 rings (SSSR count). The van der Waals surface area contributed by atoms with E-state index in [1.165, 1.54) is 5.56 Å². The lowest BCUT2D eigenvalue weighted by Crippen LogP contribution is -2.43. The fourth-order valence-electron chi connectivity index (χ4n) is 2.82. The first kappa shape index (κ1) is 16.3. The Morgan fingerprint density at radius 3 is 2.45 bits per heavy atom. The van der Waals surface area contributed by atoms with Gasteiger partial charge in [-0.1, -0.05) is 36.8 Å². The Morgan fingerprint density at radius 1 is 1.18 bits per heavy atom. The van der Waals surface area contributed by atoms with Crippen molar-refractivity contribution in [2.45, 2.75) is 25.7 Å². The quantitative estimate of drug-likeness (QED) is 0.907. The molecule has 1 amide bonds. The van der Waals surface area contributed by atoms with Crippen LogP contribution >= 0.6 is 12.4 Å². The van der Waals surface area contributed by atoms with Crippen LogP contribution in [-0.2, 0) is 11.2 Å². The third-order valence-electron chi connectivity index (χ3n) is 4.22. The molecule has 5 heteroatoms. The number of anilines is 2. The van der Waals surface area contributed by atoms with Gasteiger partial charge in [0.25, 0.3) is 0 Å². The molecule has 116 valence electrons.